The van der Waals surface area contributed by atoms with Gasteiger partial charge in [-0.05, 0) is 38.9 Å². The van der Waals surface area contributed by atoms with E-state index in [0.717, 1.165) is 48.5 Å². The van der Waals surface area contributed by atoms with Crippen LogP contribution in [0.25, 0.3) is 0 Å². The molecule has 8 heteroatoms. The fourth-order valence-electron chi connectivity index (χ4n) is 3.72. The third-order valence-electron chi connectivity index (χ3n) is 5.35. The Kier molecular flexibility index (Phi) is 5.04. The number of hydrogen-bond acceptors (Lipinski definition) is 6. The van der Waals surface area contributed by atoms with Crippen LogP contribution in [0.2, 0.25) is 0 Å². The van der Waals surface area contributed by atoms with E-state index in [4.69, 9.17) is 8.83 Å². The van der Waals surface area contributed by atoms with Crippen LogP contribution in [0.5, 0.6) is 0 Å². The van der Waals surface area contributed by atoms with Crippen LogP contribution in [0.4, 0.5) is 0 Å². The summed E-state index contributed by atoms with van der Waals surface area (Å²) >= 11 is 0. The van der Waals surface area contributed by atoms with E-state index in [1.54, 1.807) is 12.1 Å². The van der Waals surface area contributed by atoms with Crippen molar-refractivity contribution in [2.75, 3.05) is 33.2 Å². The highest BCUT2D eigenvalue weighted by atomic mass is 16.4. The van der Waals surface area contributed by atoms with Crippen LogP contribution >= 0.6 is 0 Å². The van der Waals surface area contributed by atoms with Crippen molar-refractivity contribution in [1.29, 1.82) is 0 Å². The van der Waals surface area contributed by atoms with E-state index in [-0.39, 0.29) is 11.7 Å². The van der Waals surface area contributed by atoms with Gasteiger partial charge in [-0.25, -0.2) is 5.43 Å². The molecule has 0 saturated carbocycles. The Hall–Kier alpha value is -2.87. The van der Waals surface area contributed by atoms with E-state index in [2.05, 4.69) is 22.5 Å². The second kappa shape index (κ2) is 7.63. The molecule has 2 aromatic heterocycles. The molecular formula is C20H24N4O4. The number of hydrazone groups is 1. The molecule has 3 heterocycles. The second-order valence-corrected chi connectivity index (χ2v) is 7.28. The molecule has 1 fully saturated rings. The molecule has 1 aliphatic carbocycles. The van der Waals surface area contributed by atoms with Gasteiger partial charge in [0.2, 0.25) is 0 Å². The molecule has 0 unspecified atom stereocenters. The molecule has 8 nitrogen and oxygen atoms in total. The van der Waals surface area contributed by atoms with Crippen molar-refractivity contribution >= 4 is 17.5 Å². The number of hydrogen-bond donors (Lipinski definition) is 1. The van der Waals surface area contributed by atoms with Gasteiger partial charge in [0, 0.05) is 43.7 Å². The molecule has 1 saturated heterocycles. The molecule has 0 aromatic carbocycles. The van der Waals surface area contributed by atoms with Crippen LogP contribution in [0, 0.1) is 6.92 Å². The summed E-state index contributed by atoms with van der Waals surface area (Å²) in [5.41, 5.74) is 4.92. The second-order valence-electron chi connectivity index (χ2n) is 7.28. The smallest absolute Gasteiger partial charge is 0.307 e. The molecule has 0 atom stereocenters. The van der Waals surface area contributed by atoms with Gasteiger partial charge in [-0.15, -0.1) is 0 Å². The Labute approximate surface area is 163 Å². The first kappa shape index (κ1) is 18.5. The number of rotatable bonds is 3. The van der Waals surface area contributed by atoms with Crippen molar-refractivity contribution in [2.24, 2.45) is 5.10 Å². The molecule has 1 N–H and O–H groups in total. The number of nitrogens with zero attached hydrogens (tertiary/aromatic N) is 3. The van der Waals surface area contributed by atoms with E-state index < -0.39 is 5.91 Å². The Morgan fingerprint density at radius 2 is 1.96 bits per heavy atom. The van der Waals surface area contributed by atoms with Gasteiger partial charge in [0.1, 0.15) is 5.76 Å². The number of fused-ring (bicyclic) bond motifs is 1. The summed E-state index contributed by atoms with van der Waals surface area (Å²) in [4.78, 5) is 29.1. The predicted molar refractivity (Wildman–Crippen MR) is 102 cm³/mol. The van der Waals surface area contributed by atoms with Crippen LogP contribution in [0.15, 0.2) is 32.3 Å². The number of piperazine rings is 1. The van der Waals surface area contributed by atoms with Crippen LogP contribution in [-0.4, -0.2) is 60.6 Å². The van der Waals surface area contributed by atoms with Crippen LogP contribution in [0.1, 0.15) is 50.8 Å². The van der Waals surface area contributed by atoms with Crippen LogP contribution in [-0.2, 0) is 6.42 Å². The minimum atomic E-state index is -0.403. The highest BCUT2D eigenvalue weighted by molar-refractivity contribution is 6.07. The van der Waals surface area contributed by atoms with E-state index in [1.807, 2.05) is 11.8 Å². The number of furan rings is 2. The largest absolute Gasteiger partial charge is 0.459 e. The van der Waals surface area contributed by atoms with Crippen molar-refractivity contribution < 1.29 is 18.4 Å². The highest BCUT2D eigenvalue weighted by Crippen LogP contribution is 2.30. The summed E-state index contributed by atoms with van der Waals surface area (Å²) in [6.45, 7) is 4.99. The predicted octanol–water partition coefficient (Wildman–Crippen LogP) is 2.04. The van der Waals surface area contributed by atoms with Gasteiger partial charge in [0.25, 0.3) is 5.91 Å². The number of carbonyl (C=O) groups is 2. The number of likely N-dealkylation sites (N-methyl/N-ethyl adjacent to an activating group) is 1. The SMILES string of the molecule is Cc1c(C(=O)N2CCN(C)CC2)oc2c1/C(=N/NC(=O)c1ccco1)CCC2. The Bertz CT molecular complexity index is 905. The molecule has 28 heavy (non-hydrogen) atoms. The third-order valence-corrected chi connectivity index (χ3v) is 5.35. The van der Waals surface area contributed by atoms with E-state index in [1.165, 1.54) is 6.26 Å². The summed E-state index contributed by atoms with van der Waals surface area (Å²) in [7, 11) is 2.05. The fraction of sp³-hybridized carbons (Fsp3) is 0.450. The van der Waals surface area contributed by atoms with Crippen molar-refractivity contribution in [1.82, 2.24) is 15.2 Å². The molecule has 2 aliphatic rings. The summed E-state index contributed by atoms with van der Waals surface area (Å²) in [5, 5.41) is 4.30. The molecule has 4 rings (SSSR count). The molecule has 0 bridgehead atoms. The molecule has 0 spiro atoms. The average Bonchev–Trinajstić information content (AvgIpc) is 3.35. The lowest BCUT2D eigenvalue weighted by Gasteiger charge is -2.31. The van der Waals surface area contributed by atoms with Crippen molar-refractivity contribution in [2.45, 2.75) is 26.2 Å². The van der Waals surface area contributed by atoms with E-state index >= 15 is 0 Å². The Morgan fingerprint density at radius 3 is 2.68 bits per heavy atom. The van der Waals surface area contributed by atoms with Gasteiger partial charge in [0.15, 0.2) is 11.5 Å². The van der Waals surface area contributed by atoms with Gasteiger partial charge < -0.3 is 18.6 Å². The van der Waals surface area contributed by atoms with Crippen molar-refractivity contribution in [3.63, 3.8) is 0 Å². The number of amides is 2. The Balaban J connectivity index is 1.56. The number of nitrogens with one attached hydrogen (secondary N) is 1. The summed E-state index contributed by atoms with van der Waals surface area (Å²) < 4.78 is 11.1. The minimum Gasteiger partial charge on any atom is -0.459 e. The van der Waals surface area contributed by atoms with E-state index in [0.29, 0.717) is 25.3 Å². The monoisotopic (exact) mass is 384 g/mol. The quantitative estimate of drug-likeness (QED) is 0.818. The molecule has 2 amide bonds. The third kappa shape index (κ3) is 3.47. The van der Waals surface area contributed by atoms with Gasteiger partial charge in [0.05, 0.1) is 12.0 Å². The first-order chi connectivity index (χ1) is 13.5. The van der Waals surface area contributed by atoms with Gasteiger partial charge in [-0.3, -0.25) is 9.59 Å². The van der Waals surface area contributed by atoms with Crippen molar-refractivity contribution in [3.8, 4) is 0 Å². The maximum Gasteiger partial charge on any atom is 0.307 e. The lowest BCUT2D eigenvalue weighted by atomic mass is 9.93. The maximum atomic E-state index is 13.0. The van der Waals surface area contributed by atoms with Crippen molar-refractivity contribution in [3.05, 3.63) is 46.8 Å². The fourth-order valence-corrected chi connectivity index (χ4v) is 3.72. The molecule has 0 radical (unpaired) electrons. The zero-order valence-corrected chi connectivity index (χ0v) is 16.2. The maximum absolute atomic E-state index is 13.0. The molecule has 1 aliphatic heterocycles. The lowest BCUT2D eigenvalue weighted by molar-refractivity contribution is 0.0629. The standard InChI is InChI=1S/C20H24N4O4/c1-13-17-14(21-22-19(25)16-7-4-12-27-16)5-3-6-15(17)28-18(13)20(26)24-10-8-23(2)9-11-24/h4,7,12H,3,5-6,8-11H2,1-2H3,(H,22,25)/b21-14+. The number of aryl methyl sites for hydroxylation is 1. The van der Waals surface area contributed by atoms with Gasteiger partial charge in [-0.2, -0.15) is 5.10 Å². The normalized spacial score (nSPS) is 18.9. The Morgan fingerprint density at radius 1 is 1.18 bits per heavy atom. The van der Waals surface area contributed by atoms with Gasteiger partial charge in [-0.1, -0.05) is 0 Å². The topological polar surface area (TPSA) is 91.3 Å². The highest BCUT2D eigenvalue weighted by Gasteiger charge is 2.31. The molecular weight excluding hydrogens is 360 g/mol. The minimum absolute atomic E-state index is 0.0704. The summed E-state index contributed by atoms with van der Waals surface area (Å²) in [6, 6.07) is 3.23. The van der Waals surface area contributed by atoms with Crippen LogP contribution < -0.4 is 5.43 Å². The summed E-state index contributed by atoms with van der Waals surface area (Å²) in [6.07, 6.45) is 3.78. The van der Waals surface area contributed by atoms with Crippen LogP contribution in [0.3, 0.4) is 0 Å². The zero-order valence-electron chi connectivity index (χ0n) is 16.2. The zero-order chi connectivity index (χ0) is 19.7. The van der Waals surface area contributed by atoms with E-state index in [9.17, 15) is 9.59 Å². The first-order valence-corrected chi connectivity index (χ1v) is 9.55. The summed E-state index contributed by atoms with van der Waals surface area (Å²) in [5.74, 6) is 0.891. The lowest BCUT2D eigenvalue weighted by Crippen LogP contribution is -2.47. The first-order valence-electron chi connectivity index (χ1n) is 9.55. The molecule has 2 aromatic rings. The van der Waals surface area contributed by atoms with Gasteiger partial charge >= 0.3 is 5.91 Å². The average molecular weight is 384 g/mol. The molecule has 148 valence electrons. The number of carbonyl (C=O) groups excluding carboxylic acids is 2.